The number of ether oxygens (including phenoxy) is 1. The van der Waals surface area contributed by atoms with Crippen LogP contribution in [0.5, 0.6) is 0 Å². The van der Waals surface area contributed by atoms with Gasteiger partial charge in [-0.05, 0) is 26.4 Å². The zero-order chi connectivity index (χ0) is 11.9. The van der Waals surface area contributed by atoms with Gasteiger partial charge >= 0.3 is 0 Å². The van der Waals surface area contributed by atoms with Gasteiger partial charge in [0, 0.05) is 39.0 Å². The van der Waals surface area contributed by atoms with Gasteiger partial charge in [0.25, 0.3) is 0 Å². The van der Waals surface area contributed by atoms with Crippen LogP contribution in [-0.2, 0) is 4.74 Å². The lowest BCUT2D eigenvalue weighted by molar-refractivity contribution is -0.0769. The summed E-state index contributed by atoms with van der Waals surface area (Å²) in [5.74, 6) is 0. The molecule has 0 spiro atoms. The zero-order valence-corrected chi connectivity index (χ0v) is 10.1. The third-order valence-electron chi connectivity index (χ3n) is 3.07. The molecule has 4 nitrogen and oxygen atoms in total. The molecule has 0 aromatic rings. The Bertz CT molecular complexity index is 232. The Labute approximate surface area is 97.8 Å². The van der Waals surface area contributed by atoms with Gasteiger partial charge in [-0.1, -0.05) is 0 Å². The molecule has 0 aromatic carbocycles. The highest BCUT2D eigenvalue weighted by Gasteiger charge is 2.30. The van der Waals surface area contributed by atoms with Gasteiger partial charge in [-0.2, -0.15) is 5.26 Å². The summed E-state index contributed by atoms with van der Waals surface area (Å²) in [7, 11) is 2.03. The fourth-order valence-electron chi connectivity index (χ4n) is 2.08. The van der Waals surface area contributed by atoms with Gasteiger partial charge in [0.2, 0.25) is 0 Å². The molecule has 1 N–H and O–H groups in total. The normalized spacial score (nSPS) is 19.6. The minimum atomic E-state index is -0.567. The van der Waals surface area contributed by atoms with Crippen LogP contribution in [0, 0.1) is 11.3 Å². The molecule has 92 valence electrons. The van der Waals surface area contributed by atoms with E-state index in [9.17, 15) is 5.11 Å². The molecule has 1 aliphatic rings. The molecule has 0 unspecified atom stereocenters. The SMILES string of the molecule is CN(CCCCC#N)CC1(O)CCOCC1. The summed E-state index contributed by atoms with van der Waals surface area (Å²) in [4.78, 5) is 2.16. The topological polar surface area (TPSA) is 56.5 Å². The molecule has 1 aliphatic heterocycles. The first-order valence-electron chi connectivity index (χ1n) is 6.02. The predicted molar refractivity (Wildman–Crippen MR) is 62.0 cm³/mol. The van der Waals surface area contributed by atoms with Gasteiger partial charge in [0.15, 0.2) is 0 Å². The summed E-state index contributed by atoms with van der Waals surface area (Å²) in [6.45, 7) is 2.99. The molecule has 1 rings (SSSR count). The number of nitrogens with zero attached hydrogens (tertiary/aromatic N) is 2. The van der Waals surface area contributed by atoms with Crippen molar-refractivity contribution in [2.75, 3.05) is 33.4 Å². The second kappa shape index (κ2) is 6.85. The smallest absolute Gasteiger partial charge is 0.0817 e. The lowest BCUT2D eigenvalue weighted by atomic mass is 9.94. The molecular weight excluding hydrogens is 204 g/mol. The van der Waals surface area contributed by atoms with Crippen molar-refractivity contribution in [3.63, 3.8) is 0 Å². The van der Waals surface area contributed by atoms with Crippen LogP contribution in [0.2, 0.25) is 0 Å². The molecule has 0 bridgehead atoms. The number of nitriles is 1. The Balaban J connectivity index is 2.17. The number of hydrogen-bond acceptors (Lipinski definition) is 4. The van der Waals surface area contributed by atoms with Crippen molar-refractivity contribution in [3.8, 4) is 6.07 Å². The molecule has 0 aromatic heterocycles. The quantitative estimate of drug-likeness (QED) is 0.690. The van der Waals surface area contributed by atoms with Gasteiger partial charge in [0.1, 0.15) is 0 Å². The molecule has 0 radical (unpaired) electrons. The largest absolute Gasteiger partial charge is 0.388 e. The summed E-state index contributed by atoms with van der Waals surface area (Å²) in [5, 5.41) is 18.7. The van der Waals surface area contributed by atoms with Crippen LogP contribution in [0.3, 0.4) is 0 Å². The summed E-state index contributed by atoms with van der Waals surface area (Å²) in [6, 6.07) is 2.15. The first-order chi connectivity index (χ1) is 7.66. The average Bonchev–Trinajstić information content (AvgIpc) is 2.25. The highest BCUT2D eigenvalue weighted by molar-refractivity contribution is 4.84. The van der Waals surface area contributed by atoms with E-state index >= 15 is 0 Å². The van der Waals surface area contributed by atoms with E-state index in [-0.39, 0.29) is 0 Å². The lowest BCUT2D eigenvalue weighted by Crippen LogP contribution is -2.45. The fraction of sp³-hybridized carbons (Fsp3) is 0.917. The van der Waals surface area contributed by atoms with Gasteiger partial charge in [0.05, 0.1) is 11.7 Å². The number of rotatable bonds is 6. The molecule has 16 heavy (non-hydrogen) atoms. The van der Waals surface area contributed by atoms with Gasteiger partial charge in [-0.15, -0.1) is 0 Å². The van der Waals surface area contributed by atoms with Crippen molar-refractivity contribution in [2.24, 2.45) is 0 Å². The number of unbranched alkanes of at least 4 members (excludes halogenated alkanes) is 2. The van der Waals surface area contributed by atoms with Crippen LogP contribution in [0.4, 0.5) is 0 Å². The van der Waals surface area contributed by atoms with E-state index in [4.69, 9.17) is 10.00 Å². The van der Waals surface area contributed by atoms with Gasteiger partial charge in [-0.3, -0.25) is 0 Å². The number of hydrogen-bond donors (Lipinski definition) is 1. The van der Waals surface area contributed by atoms with Crippen molar-refractivity contribution in [1.82, 2.24) is 4.90 Å². The Morgan fingerprint density at radius 2 is 2.06 bits per heavy atom. The van der Waals surface area contributed by atoms with E-state index < -0.39 is 5.60 Å². The van der Waals surface area contributed by atoms with E-state index in [0.717, 1.165) is 32.2 Å². The summed E-state index contributed by atoms with van der Waals surface area (Å²) < 4.78 is 5.25. The van der Waals surface area contributed by atoms with E-state index in [0.29, 0.717) is 26.2 Å². The maximum Gasteiger partial charge on any atom is 0.0817 e. The van der Waals surface area contributed by atoms with Crippen LogP contribution in [-0.4, -0.2) is 49.0 Å². The minimum absolute atomic E-state index is 0.567. The molecule has 1 saturated heterocycles. The molecule has 4 heteroatoms. The van der Waals surface area contributed by atoms with E-state index in [2.05, 4.69) is 11.0 Å². The van der Waals surface area contributed by atoms with E-state index in [1.165, 1.54) is 0 Å². The van der Waals surface area contributed by atoms with Gasteiger partial charge < -0.3 is 14.7 Å². The predicted octanol–water partition coefficient (Wildman–Crippen LogP) is 1.15. The van der Waals surface area contributed by atoms with Crippen LogP contribution >= 0.6 is 0 Å². The van der Waals surface area contributed by atoms with Gasteiger partial charge in [-0.25, -0.2) is 0 Å². The molecule has 0 saturated carbocycles. The first kappa shape index (κ1) is 13.4. The minimum Gasteiger partial charge on any atom is -0.388 e. The Kier molecular flexibility index (Phi) is 5.75. The summed E-state index contributed by atoms with van der Waals surface area (Å²) in [5.41, 5.74) is -0.567. The lowest BCUT2D eigenvalue weighted by Gasteiger charge is -2.35. The third kappa shape index (κ3) is 4.93. The molecule has 0 atom stereocenters. The molecular formula is C12H22N2O2. The Morgan fingerprint density at radius 3 is 2.69 bits per heavy atom. The Hall–Kier alpha value is -0.630. The maximum absolute atomic E-state index is 10.3. The van der Waals surface area contributed by atoms with E-state index in [1.807, 2.05) is 7.05 Å². The molecule has 0 aliphatic carbocycles. The Morgan fingerprint density at radius 1 is 1.38 bits per heavy atom. The van der Waals surface area contributed by atoms with E-state index in [1.54, 1.807) is 0 Å². The first-order valence-corrected chi connectivity index (χ1v) is 6.02. The summed E-state index contributed by atoms with van der Waals surface area (Å²) >= 11 is 0. The summed E-state index contributed by atoms with van der Waals surface area (Å²) in [6.07, 6.45) is 4.07. The zero-order valence-electron chi connectivity index (χ0n) is 10.1. The monoisotopic (exact) mass is 226 g/mol. The molecule has 1 fully saturated rings. The third-order valence-corrected chi connectivity index (χ3v) is 3.07. The second-order valence-electron chi connectivity index (χ2n) is 4.69. The number of aliphatic hydroxyl groups is 1. The van der Waals surface area contributed by atoms with Crippen LogP contribution in [0.25, 0.3) is 0 Å². The van der Waals surface area contributed by atoms with Crippen LogP contribution in [0.1, 0.15) is 32.1 Å². The second-order valence-corrected chi connectivity index (χ2v) is 4.69. The molecule has 0 amide bonds. The van der Waals surface area contributed by atoms with Crippen molar-refractivity contribution < 1.29 is 9.84 Å². The van der Waals surface area contributed by atoms with Crippen molar-refractivity contribution in [3.05, 3.63) is 0 Å². The average molecular weight is 226 g/mol. The van der Waals surface area contributed by atoms with Crippen LogP contribution < -0.4 is 0 Å². The highest BCUT2D eigenvalue weighted by Crippen LogP contribution is 2.21. The highest BCUT2D eigenvalue weighted by atomic mass is 16.5. The van der Waals surface area contributed by atoms with Crippen LogP contribution in [0.15, 0.2) is 0 Å². The number of likely N-dealkylation sites (N-methyl/N-ethyl adjacent to an activating group) is 1. The maximum atomic E-state index is 10.3. The van der Waals surface area contributed by atoms with Crippen molar-refractivity contribution in [2.45, 2.75) is 37.7 Å². The fourth-order valence-corrected chi connectivity index (χ4v) is 2.08. The van der Waals surface area contributed by atoms with Crippen molar-refractivity contribution in [1.29, 1.82) is 5.26 Å². The molecule has 1 heterocycles. The standard InChI is InChI=1S/C12H22N2O2/c1-14(8-4-2-3-7-13)11-12(15)5-9-16-10-6-12/h15H,2-6,8-11H2,1H3. The van der Waals surface area contributed by atoms with Crippen molar-refractivity contribution >= 4 is 0 Å².